The first-order valence-corrected chi connectivity index (χ1v) is 6.13. The Balaban J connectivity index is 2.10. The van der Waals surface area contributed by atoms with Crippen molar-refractivity contribution in [3.05, 3.63) is 36.0 Å². The summed E-state index contributed by atoms with van der Waals surface area (Å²) < 4.78 is 2.52. The third kappa shape index (κ3) is 1.54. The van der Waals surface area contributed by atoms with Crippen LogP contribution in [0.2, 0.25) is 0 Å². The minimum absolute atomic E-state index is 0.682. The molecule has 1 N–H and O–H groups in total. The maximum absolute atomic E-state index is 3.43. The lowest BCUT2D eigenvalue weighted by atomic mass is 10.1. The van der Waals surface area contributed by atoms with E-state index in [0.717, 1.165) is 13.1 Å². The van der Waals surface area contributed by atoms with Gasteiger partial charge in [-0.25, -0.2) is 0 Å². The van der Waals surface area contributed by atoms with Crippen LogP contribution < -0.4 is 5.32 Å². The van der Waals surface area contributed by atoms with Crippen molar-refractivity contribution in [2.45, 2.75) is 25.8 Å². The van der Waals surface area contributed by atoms with Crippen LogP contribution in [0.25, 0.3) is 10.9 Å². The van der Waals surface area contributed by atoms with Gasteiger partial charge < -0.3 is 9.88 Å². The zero-order chi connectivity index (χ0) is 11.0. The number of hydrogen-bond acceptors (Lipinski definition) is 1. The SMILES string of the molecule is Cc1cc2ccccc2n1C1CCNCC1. The fourth-order valence-electron chi connectivity index (χ4n) is 2.86. The van der Waals surface area contributed by atoms with E-state index >= 15 is 0 Å². The largest absolute Gasteiger partial charge is 0.342 e. The maximum Gasteiger partial charge on any atom is 0.0485 e. The number of fused-ring (bicyclic) bond motifs is 1. The third-order valence-corrected chi connectivity index (χ3v) is 3.61. The summed E-state index contributed by atoms with van der Waals surface area (Å²) in [6.07, 6.45) is 2.50. The van der Waals surface area contributed by atoms with Crippen LogP contribution in [0.3, 0.4) is 0 Å². The van der Waals surface area contributed by atoms with Crippen LogP contribution in [0.4, 0.5) is 0 Å². The molecule has 84 valence electrons. The molecule has 16 heavy (non-hydrogen) atoms. The summed E-state index contributed by atoms with van der Waals surface area (Å²) in [5.74, 6) is 0. The second-order valence-electron chi connectivity index (χ2n) is 4.70. The fraction of sp³-hybridized carbons (Fsp3) is 0.429. The standard InChI is InChI=1S/C14H18N2/c1-11-10-12-4-2-3-5-14(12)16(11)13-6-8-15-9-7-13/h2-5,10,13,15H,6-9H2,1H3. The highest BCUT2D eigenvalue weighted by molar-refractivity contribution is 5.81. The van der Waals surface area contributed by atoms with Crippen molar-refractivity contribution in [1.82, 2.24) is 9.88 Å². The van der Waals surface area contributed by atoms with Crippen molar-refractivity contribution < 1.29 is 0 Å². The van der Waals surface area contributed by atoms with Crippen molar-refractivity contribution in [3.63, 3.8) is 0 Å². The van der Waals surface area contributed by atoms with E-state index in [2.05, 4.69) is 47.1 Å². The van der Waals surface area contributed by atoms with E-state index in [-0.39, 0.29) is 0 Å². The maximum atomic E-state index is 3.43. The normalized spacial score (nSPS) is 18.1. The number of piperidine rings is 1. The van der Waals surface area contributed by atoms with E-state index in [1.165, 1.54) is 29.4 Å². The van der Waals surface area contributed by atoms with E-state index < -0.39 is 0 Å². The summed E-state index contributed by atoms with van der Waals surface area (Å²) in [5, 5.41) is 4.80. The van der Waals surface area contributed by atoms with Gasteiger partial charge in [0.05, 0.1) is 0 Å². The average molecular weight is 214 g/mol. The summed E-state index contributed by atoms with van der Waals surface area (Å²) in [5.41, 5.74) is 2.79. The highest BCUT2D eigenvalue weighted by Gasteiger charge is 2.17. The first-order chi connectivity index (χ1) is 7.86. The molecule has 1 aliphatic rings. The molecule has 0 unspecified atom stereocenters. The van der Waals surface area contributed by atoms with Crippen LogP contribution in [0.1, 0.15) is 24.6 Å². The Kier molecular flexibility index (Phi) is 2.44. The second-order valence-corrected chi connectivity index (χ2v) is 4.70. The number of para-hydroxylation sites is 1. The van der Waals surface area contributed by atoms with Crippen LogP contribution in [-0.4, -0.2) is 17.7 Å². The van der Waals surface area contributed by atoms with Gasteiger partial charge in [-0.3, -0.25) is 0 Å². The van der Waals surface area contributed by atoms with E-state index in [4.69, 9.17) is 0 Å². The minimum Gasteiger partial charge on any atom is -0.342 e. The molecule has 2 nitrogen and oxygen atoms in total. The monoisotopic (exact) mass is 214 g/mol. The summed E-state index contributed by atoms with van der Waals surface area (Å²) in [6, 6.07) is 11.7. The predicted octanol–water partition coefficient (Wildman–Crippen LogP) is 2.87. The first kappa shape index (κ1) is 9.91. The second kappa shape index (κ2) is 3.95. The van der Waals surface area contributed by atoms with Crippen LogP contribution >= 0.6 is 0 Å². The minimum atomic E-state index is 0.682. The van der Waals surface area contributed by atoms with Crippen LogP contribution in [-0.2, 0) is 0 Å². The van der Waals surface area contributed by atoms with Gasteiger partial charge in [0.25, 0.3) is 0 Å². The van der Waals surface area contributed by atoms with Crippen molar-refractivity contribution >= 4 is 10.9 Å². The molecule has 0 atom stereocenters. The molecular weight excluding hydrogens is 196 g/mol. The summed E-state index contributed by atoms with van der Waals surface area (Å²) >= 11 is 0. The molecule has 1 aliphatic heterocycles. The molecule has 2 aromatic rings. The van der Waals surface area contributed by atoms with Gasteiger partial charge in [-0.2, -0.15) is 0 Å². The Morgan fingerprint density at radius 2 is 1.94 bits per heavy atom. The Bertz CT molecular complexity index is 492. The van der Waals surface area contributed by atoms with Crippen LogP contribution in [0.5, 0.6) is 0 Å². The highest BCUT2D eigenvalue weighted by atomic mass is 15.0. The molecule has 2 heterocycles. The van der Waals surface area contributed by atoms with E-state index in [0.29, 0.717) is 6.04 Å². The third-order valence-electron chi connectivity index (χ3n) is 3.61. The summed E-state index contributed by atoms with van der Waals surface area (Å²) in [7, 11) is 0. The van der Waals surface area contributed by atoms with Crippen molar-refractivity contribution in [1.29, 1.82) is 0 Å². The molecule has 0 spiro atoms. The molecule has 1 aromatic heterocycles. The predicted molar refractivity (Wildman–Crippen MR) is 67.8 cm³/mol. The molecule has 1 saturated heterocycles. The van der Waals surface area contributed by atoms with Crippen molar-refractivity contribution in [3.8, 4) is 0 Å². The summed E-state index contributed by atoms with van der Waals surface area (Å²) in [6.45, 7) is 4.52. The van der Waals surface area contributed by atoms with Gasteiger partial charge in [-0.1, -0.05) is 18.2 Å². The van der Waals surface area contributed by atoms with E-state index in [9.17, 15) is 0 Å². The topological polar surface area (TPSA) is 17.0 Å². The van der Waals surface area contributed by atoms with Crippen LogP contribution in [0, 0.1) is 6.92 Å². The molecule has 2 heteroatoms. The number of benzene rings is 1. The number of hydrogen-bond donors (Lipinski definition) is 1. The Labute approximate surface area is 96.3 Å². The molecule has 0 bridgehead atoms. The molecular formula is C14H18N2. The fourth-order valence-corrected chi connectivity index (χ4v) is 2.86. The number of aryl methyl sites for hydroxylation is 1. The Morgan fingerprint density at radius 3 is 2.75 bits per heavy atom. The molecule has 3 rings (SSSR count). The Morgan fingerprint density at radius 1 is 1.19 bits per heavy atom. The number of rotatable bonds is 1. The van der Waals surface area contributed by atoms with Crippen LogP contribution in [0.15, 0.2) is 30.3 Å². The van der Waals surface area contributed by atoms with Gasteiger partial charge in [-0.05, 0) is 50.4 Å². The molecule has 0 radical (unpaired) electrons. The molecule has 0 aliphatic carbocycles. The lowest BCUT2D eigenvalue weighted by Gasteiger charge is -2.26. The zero-order valence-corrected chi connectivity index (χ0v) is 9.74. The zero-order valence-electron chi connectivity index (χ0n) is 9.74. The van der Waals surface area contributed by atoms with Gasteiger partial charge >= 0.3 is 0 Å². The van der Waals surface area contributed by atoms with Gasteiger partial charge in [0.1, 0.15) is 0 Å². The van der Waals surface area contributed by atoms with Gasteiger partial charge in [0.2, 0.25) is 0 Å². The quantitative estimate of drug-likeness (QED) is 0.772. The first-order valence-electron chi connectivity index (χ1n) is 6.13. The lowest BCUT2D eigenvalue weighted by molar-refractivity contribution is 0.372. The van der Waals surface area contributed by atoms with Crippen molar-refractivity contribution in [2.24, 2.45) is 0 Å². The summed E-state index contributed by atoms with van der Waals surface area (Å²) in [4.78, 5) is 0. The van der Waals surface area contributed by atoms with E-state index in [1.807, 2.05) is 0 Å². The molecule has 1 aromatic carbocycles. The number of aromatic nitrogens is 1. The van der Waals surface area contributed by atoms with Crippen molar-refractivity contribution in [2.75, 3.05) is 13.1 Å². The molecule has 0 amide bonds. The van der Waals surface area contributed by atoms with E-state index in [1.54, 1.807) is 0 Å². The number of nitrogens with one attached hydrogen (secondary N) is 1. The number of nitrogens with zero attached hydrogens (tertiary/aromatic N) is 1. The van der Waals surface area contributed by atoms with Gasteiger partial charge in [0.15, 0.2) is 0 Å². The Hall–Kier alpha value is -1.28. The highest BCUT2D eigenvalue weighted by Crippen LogP contribution is 2.28. The smallest absolute Gasteiger partial charge is 0.0485 e. The lowest BCUT2D eigenvalue weighted by Crippen LogP contribution is -2.29. The molecule has 1 fully saturated rings. The van der Waals surface area contributed by atoms with Gasteiger partial charge in [-0.15, -0.1) is 0 Å². The molecule has 0 saturated carbocycles. The van der Waals surface area contributed by atoms with Gasteiger partial charge in [0, 0.05) is 17.3 Å². The average Bonchev–Trinajstić information content (AvgIpc) is 2.66.